The first-order valence-corrected chi connectivity index (χ1v) is 10.7. The highest BCUT2D eigenvalue weighted by atomic mass is 32.2. The van der Waals surface area contributed by atoms with Crippen LogP contribution in [0.5, 0.6) is 0 Å². The molecule has 150 valence electrons. The third kappa shape index (κ3) is 5.53. The second-order valence-electron chi connectivity index (χ2n) is 7.78. The van der Waals surface area contributed by atoms with Gasteiger partial charge in [0.05, 0.1) is 4.90 Å². The average molecular weight is 409 g/mol. The molecule has 3 aromatic carbocycles. The average Bonchev–Trinajstić information content (AvgIpc) is 2.67. The van der Waals surface area contributed by atoms with Gasteiger partial charge in [0.1, 0.15) is 0 Å². The van der Waals surface area contributed by atoms with Crippen LogP contribution in [0.1, 0.15) is 31.1 Å². The van der Waals surface area contributed by atoms with Crippen molar-refractivity contribution in [1.29, 1.82) is 0 Å². The molecule has 0 aliphatic carbocycles. The Kier molecular flexibility index (Phi) is 5.86. The standard InChI is InChI=1S/C23H24N2O3S/c1-23(2,3)25-29(27,28)21-11-7-10-20(16-21)24-22(26)19-14-12-18(13-15-19)17-8-5-4-6-9-17/h4-16,25H,1-3H3,(H,24,26). The van der Waals surface area contributed by atoms with Crippen molar-refractivity contribution in [3.05, 3.63) is 84.4 Å². The summed E-state index contributed by atoms with van der Waals surface area (Å²) in [6, 6.07) is 23.4. The molecule has 0 aromatic heterocycles. The molecule has 0 atom stereocenters. The van der Waals surface area contributed by atoms with E-state index in [0.717, 1.165) is 11.1 Å². The molecule has 0 saturated carbocycles. The quantitative estimate of drug-likeness (QED) is 0.643. The zero-order valence-electron chi connectivity index (χ0n) is 16.6. The van der Waals surface area contributed by atoms with E-state index >= 15 is 0 Å². The molecule has 0 heterocycles. The number of sulfonamides is 1. The van der Waals surface area contributed by atoms with Gasteiger partial charge in [-0.15, -0.1) is 0 Å². The minimum atomic E-state index is -3.68. The molecule has 0 saturated heterocycles. The zero-order valence-corrected chi connectivity index (χ0v) is 17.5. The van der Waals surface area contributed by atoms with E-state index in [4.69, 9.17) is 0 Å². The number of rotatable bonds is 5. The van der Waals surface area contributed by atoms with Gasteiger partial charge in [-0.3, -0.25) is 4.79 Å². The van der Waals surface area contributed by atoms with Crippen LogP contribution in [0.4, 0.5) is 5.69 Å². The van der Waals surface area contributed by atoms with E-state index in [0.29, 0.717) is 11.3 Å². The smallest absolute Gasteiger partial charge is 0.255 e. The lowest BCUT2D eigenvalue weighted by atomic mass is 10.0. The van der Waals surface area contributed by atoms with Crippen LogP contribution in [0.3, 0.4) is 0 Å². The SMILES string of the molecule is CC(C)(C)NS(=O)(=O)c1cccc(NC(=O)c2ccc(-c3ccccc3)cc2)c1. The predicted molar refractivity (Wildman–Crippen MR) is 116 cm³/mol. The summed E-state index contributed by atoms with van der Waals surface area (Å²) >= 11 is 0. The lowest BCUT2D eigenvalue weighted by molar-refractivity contribution is 0.102. The first kappa shape index (κ1) is 20.8. The molecular formula is C23H24N2O3S. The Morgan fingerprint density at radius 2 is 1.41 bits per heavy atom. The van der Waals surface area contributed by atoms with Gasteiger partial charge in [-0.2, -0.15) is 0 Å². The van der Waals surface area contributed by atoms with Crippen molar-refractivity contribution in [3.63, 3.8) is 0 Å². The minimum Gasteiger partial charge on any atom is -0.322 e. The zero-order chi connectivity index (χ0) is 21.1. The van der Waals surface area contributed by atoms with E-state index in [1.807, 2.05) is 42.5 Å². The molecule has 0 fully saturated rings. The van der Waals surface area contributed by atoms with Crippen LogP contribution in [0.15, 0.2) is 83.8 Å². The van der Waals surface area contributed by atoms with Crippen LogP contribution in [-0.4, -0.2) is 19.9 Å². The number of carbonyl (C=O) groups excluding carboxylic acids is 1. The Labute approximate surface area is 171 Å². The molecule has 29 heavy (non-hydrogen) atoms. The van der Waals surface area contributed by atoms with E-state index in [9.17, 15) is 13.2 Å². The molecule has 0 aliphatic heterocycles. The maximum absolute atomic E-state index is 12.6. The monoisotopic (exact) mass is 408 g/mol. The highest BCUT2D eigenvalue weighted by molar-refractivity contribution is 7.89. The lowest BCUT2D eigenvalue weighted by Crippen LogP contribution is -2.40. The summed E-state index contributed by atoms with van der Waals surface area (Å²) < 4.78 is 27.6. The number of hydrogen-bond donors (Lipinski definition) is 2. The number of benzene rings is 3. The molecule has 2 N–H and O–H groups in total. The maximum atomic E-state index is 12.6. The summed E-state index contributed by atoms with van der Waals surface area (Å²) in [6.07, 6.45) is 0. The van der Waals surface area contributed by atoms with Crippen molar-refractivity contribution < 1.29 is 13.2 Å². The van der Waals surface area contributed by atoms with Crippen molar-refractivity contribution in [2.45, 2.75) is 31.2 Å². The van der Waals surface area contributed by atoms with Crippen molar-refractivity contribution in [1.82, 2.24) is 4.72 Å². The van der Waals surface area contributed by atoms with Gasteiger partial charge in [0.15, 0.2) is 0 Å². The normalized spacial score (nSPS) is 11.8. The summed E-state index contributed by atoms with van der Waals surface area (Å²) in [4.78, 5) is 12.7. The van der Waals surface area contributed by atoms with E-state index < -0.39 is 15.6 Å². The summed E-state index contributed by atoms with van der Waals surface area (Å²) in [5.74, 6) is -0.303. The minimum absolute atomic E-state index is 0.102. The van der Waals surface area contributed by atoms with Gasteiger partial charge in [-0.1, -0.05) is 48.5 Å². The Morgan fingerprint density at radius 1 is 0.793 bits per heavy atom. The van der Waals surface area contributed by atoms with Crippen LogP contribution in [0.2, 0.25) is 0 Å². The van der Waals surface area contributed by atoms with E-state index in [-0.39, 0.29) is 10.8 Å². The number of anilines is 1. The van der Waals surface area contributed by atoms with Crippen molar-refractivity contribution in [2.24, 2.45) is 0 Å². The number of hydrogen-bond acceptors (Lipinski definition) is 3. The summed E-state index contributed by atoms with van der Waals surface area (Å²) in [6.45, 7) is 5.32. The highest BCUT2D eigenvalue weighted by Crippen LogP contribution is 2.21. The van der Waals surface area contributed by atoms with Gasteiger partial charge in [0.2, 0.25) is 10.0 Å². The van der Waals surface area contributed by atoms with Crippen LogP contribution in [0, 0.1) is 0 Å². The topological polar surface area (TPSA) is 75.3 Å². The Balaban J connectivity index is 1.76. The first-order chi connectivity index (χ1) is 13.6. The van der Waals surface area contributed by atoms with Crippen LogP contribution >= 0.6 is 0 Å². The lowest BCUT2D eigenvalue weighted by Gasteiger charge is -2.20. The van der Waals surface area contributed by atoms with Gasteiger partial charge >= 0.3 is 0 Å². The number of nitrogens with one attached hydrogen (secondary N) is 2. The third-order valence-electron chi connectivity index (χ3n) is 4.10. The van der Waals surface area contributed by atoms with Crippen LogP contribution in [0.25, 0.3) is 11.1 Å². The van der Waals surface area contributed by atoms with Gasteiger partial charge in [-0.05, 0) is 62.2 Å². The fourth-order valence-electron chi connectivity index (χ4n) is 2.85. The van der Waals surface area contributed by atoms with Crippen molar-refractivity contribution in [2.75, 3.05) is 5.32 Å². The molecule has 0 aliphatic rings. The fourth-order valence-corrected chi connectivity index (χ4v) is 4.31. The highest BCUT2D eigenvalue weighted by Gasteiger charge is 2.22. The molecule has 0 bridgehead atoms. The molecule has 6 heteroatoms. The van der Waals surface area contributed by atoms with Gasteiger partial charge in [0.25, 0.3) is 5.91 Å². The summed E-state index contributed by atoms with van der Waals surface area (Å²) in [5, 5.41) is 2.76. The van der Waals surface area contributed by atoms with Crippen molar-refractivity contribution in [3.8, 4) is 11.1 Å². The van der Waals surface area contributed by atoms with Crippen LogP contribution < -0.4 is 10.0 Å². The second-order valence-corrected chi connectivity index (χ2v) is 9.46. The molecule has 0 unspecified atom stereocenters. The molecule has 3 aromatic rings. The molecule has 0 radical (unpaired) electrons. The second kappa shape index (κ2) is 8.19. The maximum Gasteiger partial charge on any atom is 0.255 e. The van der Waals surface area contributed by atoms with Crippen LogP contribution in [-0.2, 0) is 10.0 Å². The first-order valence-electron chi connectivity index (χ1n) is 9.25. The molecule has 3 rings (SSSR count). The van der Waals surface area contributed by atoms with E-state index in [2.05, 4.69) is 10.0 Å². The molecule has 1 amide bonds. The molecule has 0 spiro atoms. The molecular weight excluding hydrogens is 384 g/mol. The Bertz CT molecular complexity index is 1100. The van der Waals surface area contributed by atoms with Gasteiger partial charge < -0.3 is 5.32 Å². The third-order valence-corrected chi connectivity index (χ3v) is 5.85. The predicted octanol–water partition coefficient (Wildman–Crippen LogP) is 4.68. The number of carbonyl (C=O) groups is 1. The number of amides is 1. The van der Waals surface area contributed by atoms with Crippen molar-refractivity contribution >= 4 is 21.6 Å². The largest absolute Gasteiger partial charge is 0.322 e. The fraction of sp³-hybridized carbons (Fsp3) is 0.174. The van der Waals surface area contributed by atoms with Gasteiger partial charge in [-0.25, -0.2) is 13.1 Å². The van der Waals surface area contributed by atoms with E-state index in [1.165, 1.54) is 12.1 Å². The molecule has 5 nitrogen and oxygen atoms in total. The van der Waals surface area contributed by atoms with E-state index in [1.54, 1.807) is 45.0 Å². The Morgan fingerprint density at radius 3 is 2.03 bits per heavy atom. The summed E-state index contributed by atoms with van der Waals surface area (Å²) in [7, 11) is -3.68. The van der Waals surface area contributed by atoms with Gasteiger partial charge in [0, 0.05) is 16.8 Å². The summed E-state index contributed by atoms with van der Waals surface area (Å²) in [5.41, 5.74) is 2.40. The Hall–Kier alpha value is -2.96.